The Bertz CT molecular complexity index is 648. The fraction of sp³-hybridized carbons (Fsp3) is 0. The minimum Gasteiger partial charge on any atom is -0.504 e. The number of benzene rings is 1. The molecule has 0 fully saturated rings. The van der Waals surface area contributed by atoms with Gasteiger partial charge in [-0.05, 0) is 34.1 Å². The largest absolute Gasteiger partial charge is 0.504 e. The first-order chi connectivity index (χ1) is 9.08. The van der Waals surface area contributed by atoms with Crippen LogP contribution in [0.2, 0.25) is 0 Å². The molecule has 0 amide bonds. The van der Waals surface area contributed by atoms with Crippen LogP contribution in [0.5, 0.6) is 11.5 Å². The number of anilines is 1. The number of nitrogen functional groups attached to an aromatic ring is 1. The molecule has 0 bridgehead atoms. The molecule has 19 heavy (non-hydrogen) atoms. The smallest absolute Gasteiger partial charge is 0.199 e. The Morgan fingerprint density at radius 3 is 2.68 bits per heavy atom. The van der Waals surface area contributed by atoms with Gasteiger partial charge in [0.2, 0.25) is 0 Å². The van der Waals surface area contributed by atoms with Crippen LogP contribution >= 0.6 is 0 Å². The molecule has 0 aliphatic rings. The average Bonchev–Trinajstić information content (AvgIpc) is 2.80. The predicted molar refractivity (Wildman–Crippen MR) is 66.8 cm³/mol. The maximum Gasteiger partial charge on any atom is 0.199 e. The van der Waals surface area contributed by atoms with Crippen LogP contribution in [0.1, 0.15) is 11.3 Å². The number of nitrogens with zero attached hydrogens (tertiary/aromatic N) is 4. The van der Waals surface area contributed by atoms with Crippen molar-refractivity contribution < 1.29 is 14.8 Å². The molecule has 0 atom stereocenters. The van der Waals surface area contributed by atoms with Crippen molar-refractivity contribution >= 4 is 17.9 Å². The Morgan fingerprint density at radius 1 is 1.26 bits per heavy atom. The minimum atomic E-state index is -0.258. The molecule has 1 aromatic heterocycles. The lowest BCUT2D eigenvalue weighted by Gasteiger charge is -1.97. The van der Waals surface area contributed by atoms with Crippen molar-refractivity contribution in [2.45, 2.75) is 0 Å². The van der Waals surface area contributed by atoms with Crippen LogP contribution < -0.4 is 11.5 Å². The summed E-state index contributed by atoms with van der Waals surface area (Å²) in [6.45, 7) is 0. The first-order valence-electron chi connectivity index (χ1n) is 5.05. The number of rotatable bonds is 3. The molecule has 0 spiro atoms. The van der Waals surface area contributed by atoms with Gasteiger partial charge in [0, 0.05) is 0 Å². The van der Waals surface area contributed by atoms with Gasteiger partial charge >= 0.3 is 0 Å². The highest BCUT2D eigenvalue weighted by Crippen LogP contribution is 2.23. The third-order valence-electron chi connectivity index (χ3n) is 2.13. The van der Waals surface area contributed by atoms with E-state index in [4.69, 9.17) is 16.6 Å². The standard InChI is InChI=1S/C10H10N6O3/c11-9(8-10(12)16-19-15-8)14-13-4-5-1-2-6(17)7(18)3-5/h1-4,17-18H,(H2,11,14)(H2,12,16). The number of hydrogen-bond donors (Lipinski definition) is 4. The van der Waals surface area contributed by atoms with Crippen molar-refractivity contribution in [1.29, 1.82) is 0 Å². The third-order valence-corrected chi connectivity index (χ3v) is 2.13. The Morgan fingerprint density at radius 2 is 2.05 bits per heavy atom. The van der Waals surface area contributed by atoms with Gasteiger partial charge in [0.1, 0.15) is 0 Å². The van der Waals surface area contributed by atoms with Gasteiger partial charge in [0.25, 0.3) is 0 Å². The number of amidine groups is 1. The van der Waals surface area contributed by atoms with Crippen molar-refractivity contribution in [3.8, 4) is 11.5 Å². The Labute approximate surface area is 106 Å². The highest BCUT2D eigenvalue weighted by molar-refractivity contribution is 5.99. The van der Waals surface area contributed by atoms with E-state index >= 15 is 0 Å². The van der Waals surface area contributed by atoms with Crippen molar-refractivity contribution in [2.24, 2.45) is 15.9 Å². The molecule has 98 valence electrons. The van der Waals surface area contributed by atoms with Crippen LogP contribution in [0.3, 0.4) is 0 Å². The second-order valence-electron chi connectivity index (χ2n) is 3.48. The molecule has 0 saturated carbocycles. The van der Waals surface area contributed by atoms with Crippen LogP contribution in [0.15, 0.2) is 33.0 Å². The van der Waals surface area contributed by atoms with Crippen molar-refractivity contribution in [3.63, 3.8) is 0 Å². The lowest BCUT2D eigenvalue weighted by atomic mass is 10.2. The normalized spacial score (nSPS) is 12.1. The SMILES string of the molecule is NC(=NN=Cc1ccc(O)c(O)c1)c1nonc1N. The van der Waals surface area contributed by atoms with E-state index in [9.17, 15) is 5.11 Å². The molecule has 0 saturated heterocycles. The van der Waals surface area contributed by atoms with Crippen molar-refractivity contribution in [2.75, 3.05) is 5.73 Å². The third kappa shape index (κ3) is 2.77. The molecular formula is C10H10N6O3. The lowest BCUT2D eigenvalue weighted by Crippen LogP contribution is -2.15. The van der Waals surface area contributed by atoms with E-state index in [-0.39, 0.29) is 28.8 Å². The highest BCUT2D eigenvalue weighted by atomic mass is 16.6. The second kappa shape index (κ2) is 5.04. The maximum atomic E-state index is 9.28. The molecule has 1 heterocycles. The van der Waals surface area contributed by atoms with Gasteiger partial charge in [-0.2, -0.15) is 5.10 Å². The van der Waals surface area contributed by atoms with Crippen LogP contribution in [-0.4, -0.2) is 32.6 Å². The fourth-order valence-electron chi connectivity index (χ4n) is 1.20. The van der Waals surface area contributed by atoms with Crippen molar-refractivity contribution in [1.82, 2.24) is 10.3 Å². The van der Waals surface area contributed by atoms with Crippen LogP contribution in [0, 0.1) is 0 Å². The van der Waals surface area contributed by atoms with Crippen LogP contribution in [0.25, 0.3) is 0 Å². The summed E-state index contributed by atoms with van der Waals surface area (Å²) in [5.41, 5.74) is 11.6. The van der Waals surface area contributed by atoms with Gasteiger partial charge in [0.15, 0.2) is 28.8 Å². The van der Waals surface area contributed by atoms with Gasteiger partial charge in [-0.3, -0.25) is 0 Å². The average molecular weight is 262 g/mol. The Balaban J connectivity index is 2.15. The number of phenolic OH excluding ortho intramolecular Hbond substituents is 2. The summed E-state index contributed by atoms with van der Waals surface area (Å²) in [5.74, 6) is -0.524. The highest BCUT2D eigenvalue weighted by Gasteiger charge is 2.09. The number of aromatic nitrogens is 2. The van der Waals surface area contributed by atoms with Gasteiger partial charge in [-0.15, -0.1) is 5.10 Å². The summed E-state index contributed by atoms with van der Waals surface area (Å²) in [7, 11) is 0. The first-order valence-corrected chi connectivity index (χ1v) is 5.05. The molecule has 9 nitrogen and oxygen atoms in total. The molecule has 0 aliphatic carbocycles. The minimum absolute atomic E-state index is 0.0127. The Hall–Kier alpha value is -3.10. The molecule has 0 radical (unpaired) electrons. The molecule has 0 aliphatic heterocycles. The van der Waals surface area contributed by atoms with E-state index in [0.29, 0.717) is 5.56 Å². The van der Waals surface area contributed by atoms with Gasteiger partial charge in [-0.25, -0.2) is 4.63 Å². The summed E-state index contributed by atoms with van der Waals surface area (Å²) >= 11 is 0. The van der Waals surface area contributed by atoms with Gasteiger partial charge in [-0.1, -0.05) is 0 Å². The predicted octanol–water partition coefficient (Wildman–Crippen LogP) is -0.198. The van der Waals surface area contributed by atoms with E-state index in [2.05, 4.69) is 25.1 Å². The zero-order chi connectivity index (χ0) is 13.8. The monoisotopic (exact) mass is 262 g/mol. The molecule has 2 rings (SSSR count). The topological polar surface area (TPSA) is 156 Å². The van der Waals surface area contributed by atoms with Gasteiger partial charge in [0.05, 0.1) is 6.21 Å². The second-order valence-corrected chi connectivity index (χ2v) is 3.48. The zero-order valence-corrected chi connectivity index (χ0v) is 9.56. The summed E-state index contributed by atoms with van der Waals surface area (Å²) in [4.78, 5) is 0. The molecular weight excluding hydrogens is 252 g/mol. The summed E-state index contributed by atoms with van der Waals surface area (Å²) in [6.07, 6.45) is 1.33. The van der Waals surface area contributed by atoms with Crippen LogP contribution in [0.4, 0.5) is 5.82 Å². The quantitative estimate of drug-likeness (QED) is 0.258. The number of phenols is 2. The maximum absolute atomic E-state index is 9.28. The number of aromatic hydroxyl groups is 2. The van der Waals surface area contributed by atoms with E-state index in [1.165, 1.54) is 24.4 Å². The van der Waals surface area contributed by atoms with E-state index in [1.54, 1.807) is 0 Å². The molecule has 1 aromatic carbocycles. The zero-order valence-electron chi connectivity index (χ0n) is 9.56. The van der Waals surface area contributed by atoms with E-state index in [1.807, 2.05) is 0 Å². The lowest BCUT2D eigenvalue weighted by molar-refractivity contribution is 0.308. The fourth-order valence-corrected chi connectivity index (χ4v) is 1.20. The number of nitrogens with two attached hydrogens (primary N) is 2. The molecule has 9 heteroatoms. The first kappa shape index (κ1) is 12.4. The summed E-state index contributed by atoms with van der Waals surface area (Å²) in [6, 6.07) is 4.18. The molecule has 2 aromatic rings. The number of hydrogen-bond acceptors (Lipinski definition) is 8. The van der Waals surface area contributed by atoms with Crippen LogP contribution in [-0.2, 0) is 0 Å². The van der Waals surface area contributed by atoms with E-state index < -0.39 is 0 Å². The summed E-state index contributed by atoms with van der Waals surface area (Å²) < 4.78 is 4.36. The summed E-state index contributed by atoms with van der Waals surface area (Å²) in [5, 5.41) is 32.5. The van der Waals surface area contributed by atoms with Crippen molar-refractivity contribution in [3.05, 3.63) is 29.5 Å². The Kier molecular flexibility index (Phi) is 3.28. The molecule has 0 unspecified atom stereocenters. The van der Waals surface area contributed by atoms with Gasteiger partial charge < -0.3 is 21.7 Å². The molecule has 6 N–H and O–H groups in total. The van der Waals surface area contributed by atoms with E-state index in [0.717, 1.165) is 0 Å².